The highest BCUT2D eigenvalue weighted by atomic mass is 32.1. The number of rotatable bonds is 8. The Kier molecular flexibility index (Phi) is 6.75. The third kappa shape index (κ3) is 5.08. The molecule has 2 amide bonds. The second-order valence-corrected chi connectivity index (χ2v) is 6.65. The normalized spacial score (nSPS) is 11.5. The van der Waals surface area contributed by atoms with Gasteiger partial charge >= 0.3 is 0 Å². The summed E-state index contributed by atoms with van der Waals surface area (Å²) < 4.78 is 16.8. The molecule has 2 aromatic heterocycles. The number of carbonyl (C=O) groups excluding carboxylic acids is 2. The Bertz CT molecular complexity index is 964. The monoisotopic (exact) mass is 411 g/mol. The average Bonchev–Trinajstić information content (AvgIpc) is 3.28. The van der Waals surface area contributed by atoms with Crippen LogP contribution in [0.15, 0.2) is 66.7 Å². The molecule has 3 rings (SSSR count). The molecule has 29 heavy (non-hydrogen) atoms. The minimum absolute atomic E-state index is 0.113. The molecule has 0 aliphatic rings. The predicted molar refractivity (Wildman–Crippen MR) is 106 cm³/mol. The van der Waals surface area contributed by atoms with Crippen molar-refractivity contribution in [1.82, 2.24) is 24.8 Å². The first-order valence-corrected chi connectivity index (χ1v) is 9.56. The Morgan fingerprint density at radius 3 is 2.66 bits per heavy atom. The lowest BCUT2D eigenvalue weighted by molar-refractivity contribution is -0.126. The van der Waals surface area contributed by atoms with E-state index in [1.54, 1.807) is 36.5 Å². The van der Waals surface area contributed by atoms with E-state index in [4.69, 9.17) is 0 Å². The first-order valence-electron chi connectivity index (χ1n) is 8.72. The second-order valence-electron chi connectivity index (χ2n) is 6.04. The van der Waals surface area contributed by atoms with Crippen molar-refractivity contribution in [1.29, 1.82) is 0 Å². The van der Waals surface area contributed by atoms with Crippen molar-refractivity contribution in [3.05, 3.63) is 89.5 Å². The number of nitrogens with zero attached hydrogens (tertiary/aromatic N) is 4. The number of amides is 2. The Morgan fingerprint density at radius 2 is 2.03 bits per heavy atom. The number of aromatic nitrogens is 3. The van der Waals surface area contributed by atoms with Crippen LogP contribution in [-0.4, -0.2) is 37.8 Å². The number of pyridine rings is 1. The van der Waals surface area contributed by atoms with Crippen LogP contribution < -0.4 is 5.32 Å². The molecule has 0 saturated heterocycles. The summed E-state index contributed by atoms with van der Waals surface area (Å²) in [5.74, 6) is -1.23. The lowest BCUT2D eigenvalue weighted by Crippen LogP contribution is -2.44. The van der Waals surface area contributed by atoms with Gasteiger partial charge in [-0.3, -0.25) is 14.6 Å². The van der Waals surface area contributed by atoms with Gasteiger partial charge in [0.15, 0.2) is 11.7 Å². The van der Waals surface area contributed by atoms with E-state index < -0.39 is 17.9 Å². The minimum Gasteiger partial charge on any atom is -0.350 e. The van der Waals surface area contributed by atoms with Gasteiger partial charge in [0, 0.05) is 24.7 Å². The molecule has 0 fully saturated rings. The van der Waals surface area contributed by atoms with Gasteiger partial charge in [0.1, 0.15) is 5.82 Å². The molecule has 0 aliphatic carbocycles. The van der Waals surface area contributed by atoms with E-state index >= 15 is 0 Å². The summed E-state index contributed by atoms with van der Waals surface area (Å²) in [6, 6.07) is 9.94. The van der Waals surface area contributed by atoms with Crippen LogP contribution in [0.3, 0.4) is 0 Å². The maximum Gasteiger partial charge on any atom is 0.276 e. The van der Waals surface area contributed by atoms with Crippen molar-refractivity contribution < 1.29 is 14.0 Å². The molecule has 3 aromatic rings. The van der Waals surface area contributed by atoms with Crippen molar-refractivity contribution in [3.63, 3.8) is 0 Å². The summed E-state index contributed by atoms with van der Waals surface area (Å²) in [5, 5.41) is 8.12. The Balaban J connectivity index is 1.88. The number of benzene rings is 1. The fourth-order valence-corrected chi connectivity index (χ4v) is 3.14. The molecule has 7 nitrogen and oxygen atoms in total. The van der Waals surface area contributed by atoms with Crippen molar-refractivity contribution in [3.8, 4) is 0 Å². The molecule has 9 heteroatoms. The fourth-order valence-electron chi connectivity index (χ4n) is 2.71. The number of carbonyl (C=O) groups is 2. The Labute approximate surface area is 171 Å². The van der Waals surface area contributed by atoms with E-state index in [-0.39, 0.29) is 24.6 Å². The molecule has 2 heterocycles. The molecule has 0 unspecified atom stereocenters. The van der Waals surface area contributed by atoms with Gasteiger partial charge in [0.05, 0.1) is 5.69 Å². The van der Waals surface area contributed by atoms with Crippen LogP contribution >= 0.6 is 11.5 Å². The summed E-state index contributed by atoms with van der Waals surface area (Å²) in [6.45, 7) is 3.98. The second kappa shape index (κ2) is 9.65. The summed E-state index contributed by atoms with van der Waals surface area (Å²) in [4.78, 5) is 31.6. The zero-order chi connectivity index (χ0) is 20.6. The third-order valence-corrected chi connectivity index (χ3v) is 4.58. The summed E-state index contributed by atoms with van der Waals surface area (Å²) in [6.07, 6.45) is 3.08. The van der Waals surface area contributed by atoms with Crippen LogP contribution in [0.4, 0.5) is 4.39 Å². The summed E-state index contributed by atoms with van der Waals surface area (Å²) in [7, 11) is 0. The van der Waals surface area contributed by atoms with E-state index in [9.17, 15) is 14.0 Å². The standard InChI is InChI=1S/C20H18FN5O2S/c1-2-11-26(20(28)17-13-29-25-24-17)18(16-5-3-4-10-22-16)19(27)23-12-14-6-8-15(21)9-7-14/h2-10,13,18H,1,11-12H2,(H,23,27)/t18-/m1/s1. The van der Waals surface area contributed by atoms with E-state index in [1.807, 2.05) is 0 Å². The third-order valence-electron chi connectivity index (χ3n) is 4.07. The van der Waals surface area contributed by atoms with Gasteiger partial charge < -0.3 is 10.2 Å². The first kappa shape index (κ1) is 20.3. The highest BCUT2D eigenvalue weighted by molar-refractivity contribution is 7.03. The highest BCUT2D eigenvalue weighted by Gasteiger charge is 2.33. The molecule has 0 spiro atoms. The first-order chi connectivity index (χ1) is 14.1. The van der Waals surface area contributed by atoms with Crippen molar-refractivity contribution >= 4 is 23.3 Å². The van der Waals surface area contributed by atoms with Gasteiger partial charge in [-0.05, 0) is 41.4 Å². The predicted octanol–water partition coefficient (Wildman–Crippen LogP) is 2.76. The number of hydrogen-bond donors (Lipinski definition) is 1. The molecule has 0 aliphatic heterocycles. The van der Waals surface area contributed by atoms with Gasteiger partial charge in [-0.2, -0.15) is 0 Å². The largest absolute Gasteiger partial charge is 0.350 e. The van der Waals surface area contributed by atoms with E-state index in [0.29, 0.717) is 5.69 Å². The van der Waals surface area contributed by atoms with Crippen LogP contribution in [0.5, 0.6) is 0 Å². The van der Waals surface area contributed by atoms with Crippen LogP contribution in [-0.2, 0) is 11.3 Å². The zero-order valence-electron chi connectivity index (χ0n) is 15.4. The van der Waals surface area contributed by atoms with Gasteiger partial charge in [-0.25, -0.2) is 4.39 Å². The maximum absolute atomic E-state index is 13.1. The van der Waals surface area contributed by atoms with E-state index in [0.717, 1.165) is 17.1 Å². The quantitative estimate of drug-likeness (QED) is 0.576. The molecule has 0 saturated carbocycles. The number of nitrogens with one attached hydrogen (secondary N) is 1. The average molecular weight is 411 g/mol. The smallest absolute Gasteiger partial charge is 0.276 e. The Hall–Kier alpha value is -3.46. The lowest BCUT2D eigenvalue weighted by atomic mass is 10.1. The van der Waals surface area contributed by atoms with Crippen molar-refractivity contribution in [2.24, 2.45) is 0 Å². The maximum atomic E-state index is 13.1. The van der Waals surface area contributed by atoms with E-state index in [1.165, 1.54) is 28.5 Å². The van der Waals surface area contributed by atoms with Crippen molar-refractivity contribution in [2.75, 3.05) is 6.54 Å². The molecular formula is C20H18FN5O2S. The Morgan fingerprint density at radius 1 is 1.24 bits per heavy atom. The zero-order valence-corrected chi connectivity index (χ0v) is 16.2. The minimum atomic E-state index is -0.996. The summed E-state index contributed by atoms with van der Waals surface area (Å²) >= 11 is 1.05. The lowest BCUT2D eigenvalue weighted by Gasteiger charge is -2.29. The van der Waals surface area contributed by atoms with Crippen LogP contribution in [0, 0.1) is 5.82 Å². The summed E-state index contributed by atoms with van der Waals surface area (Å²) in [5.41, 5.74) is 1.27. The number of halogens is 1. The molecule has 0 radical (unpaired) electrons. The molecule has 0 bridgehead atoms. The molecule has 148 valence electrons. The molecule has 1 atom stereocenters. The van der Waals surface area contributed by atoms with Crippen LogP contribution in [0.2, 0.25) is 0 Å². The molecular weight excluding hydrogens is 393 g/mol. The van der Waals surface area contributed by atoms with Gasteiger partial charge in [-0.15, -0.1) is 11.7 Å². The van der Waals surface area contributed by atoms with E-state index in [2.05, 4.69) is 26.5 Å². The van der Waals surface area contributed by atoms with Crippen molar-refractivity contribution in [2.45, 2.75) is 12.6 Å². The van der Waals surface area contributed by atoms with Crippen LogP contribution in [0.25, 0.3) is 0 Å². The molecule has 1 N–H and O–H groups in total. The van der Waals surface area contributed by atoms with Gasteiger partial charge in [-0.1, -0.05) is 28.8 Å². The van der Waals surface area contributed by atoms with Gasteiger partial charge in [0.25, 0.3) is 5.91 Å². The van der Waals surface area contributed by atoms with Gasteiger partial charge in [0.2, 0.25) is 5.91 Å². The molecule has 1 aromatic carbocycles. The fraction of sp³-hybridized carbons (Fsp3) is 0.150. The number of hydrogen-bond acceptors (Lipinski definition) is 6. The highest BCUT2D eigenvalue weighted by Crippen LogP contribution is 2.22. The topological polar surface area (TPSA) is 88.1 Å². The SMILES string of the molecule is C=CCN(C(=O)c1csnn1)[C@@H](C(=O)NCc1ccc(F)cc1)c1ccccn1. The van der Waals surface area contributed by atoms with Crippen LogP contribution in [0.1, 0.15) is 27.8 Å².